The van der Waals surface area contributed by atoms with E-state index < -0.39 is 6.04 Å². The van der Waals surface area contributed by atoms with Crippen molar-refractivity contribution in [1.82, 2.24) is 39.9 Å². The summed E-state index contributed by atoms with van der Waals surface area (Å²) in [5.41, 5.74) is 4.70. The highest BCUT2D eigenvalue weighted by Gasteiger charge is 2.30. The van der Waals surface area contributed by atoms with Crippen LogP contribution in [0.1, 0.15) is 25.0 Å². The zero-order valence-electron chi connectivity index (χ0n) is 22.7. The summed E-state index contributed by atoms with van der Waals surface area (Å²) in [6.07, 6.45) is 11.9. The number of rotatable bonds is 8. The smallest absolute Gasteiger partial charge is 0.290 e. The molecule has 0 bridgehead atoms. The highest BCUT2D eigenvalue weighted by Crippen LogP contribution is 2.30. The van der Waals surface area contributed by atoms with Crippen molar-refractivity contribution in [2.24, 2.45) is 0 Å². The van der Waals surface area contributed by atoms with Gasteiger partial charge in [-0.25, -0.2) is 4.98 Å². The first-order valence-corrected chi connectivity index (χ1v) is 13.2. The summed E-state index contributed by atoms with van der Waals surface area (Å²) in [5, 5.41) is 19.5. The molecule has 5 heterocycles. The zero-order chi connectivity index (χ0) is 28.5. The Morgan fingerprint density at radius 1 is 1.20 bits per heavy atom. The molecule has 0 saturated carbocycles. The molecule has 5 rings (SSSR count). The van der Waals surface area contributed by atoms with Gasteiger partial charge in [0.1, 0.15) is 11.7 Å². The maximum absolute atomic E-state index is 13.0. The second kappa shape index (κ2) is 13.5. The predicted octanol–water partition coefficient (Wildman–Crippen LogP) is 2.13. The Bertz CT molecular complexity index is 1490. The summed E-state index contributed by atoms with van der Waals surface area (Å²) >= 11 is 0. The molecular formula is C28H34N8O4. The van der Waals surface area contributed by atoms with Gasteiger partial charge in [-0.3, -0.25) is 14.4 Å². The first-order valence-electron chi connectivity index (χ1n) is 13.2. The highest BCUT2D eigenvalue weighted by molar-refractivity contribution is 5.97. The first-order chi connectivity index (χ1) is 19.4. The number of carboxylic acid groups (broad SMARTS) is 1. The van der Waals surface area contributed by atoms with E-state index in [1.165, 1.54) is 0 Å². The summed E-state index contributed by atoms with van der Waals surface area (Å²) in [6.45, 7) is 1.52. The van der Waals surface area contributed by atoms with E-state index in [0.29, 0.717) is 32.5 Å². The fourth-order valence-electron chi connectivity index (χ4n) is 4.86. The minimum absolute atomic E-state index is 0.0946. The lowest BCUT2D eigenvalue weighted by atomic mass is 10.0. The number of carbonyl (C=O) groups is 3. The Morgan fingerprint density at radius 2 is 2.02 bits per heavy atom. The molecule has 0 aliphatic carbocycles. The fourth-order valence-corrected chi connectivity index (χ4v) is 4.86. The standard InChI is InChI=1S/C27H32N8O2.CH2O2/c1-33(2)15-6-9-25(36)34-16-4-3-7-24(34)27(37)29-13-10-19-17-21-20(11-14-28-26(21)32-19)22-18-31-35-23(22)8-5-12-30-35;2-1-3/h5-6,8-9,11-12,14,17-18,24H,3-4,7,10,13,15-16H2,1-2H3,(H,28,32)(H,29,37);1H,(H,2,3). The van der Waals surface area contributed by atoms with E-state index in [9.17, 15) is 9.59 Å². The van der Waals surface area contributed by atoms with Crippen molar-refractivity contribution in [2.75, 3.05) is 33.7 Å². The third-order valence-corrected chi connectivity index (χ3v) is 6.69. The molecule has 1 saturated heterocycles. The number of fused-ring (bicyclic) bond motifs is 2. The second-order valence-electron chi connectivity index (χ2n) is 9.73. The lowest BCUT2D eigenvalue weighted by Crippen LogP contribution is -2.51. The van der Waals surface area contributed by atoms with Crippen LogP contribution in [0.5, 0.6) is 0 Å². The van der Waals surface area contributed by atoms with Crippen molar-refractivity contribution >= 4 is 34.8 Å². The van der Waals surface area contributed by atoms with Gasteiger partial charge < -0.3 is 25.2 Å². The molecule has 1 unspecified atom stereocenters. The van der Waals surface area contributed by atoms with Crippen molar-refractivity contribution in [2.45, 2.75) is 31.7 Å². The Kier molecular flexibility index (Phi) is 9.57. The number of piperidine rings is 1. The number of pyridine rings is 1. The Hall–Kier alpha value is -4.58. The molecule has 1 aliphatic heterocycles. The van der Waals surface area contributed by atoms with Gasteiger partial charge in [-0.05, 0) is 63.2 Å². The van der Waals surface area contributed by atoms with E-state index in [1.807, 2.05) is 49.5 Å². The van der Waals surface area contributed by atoms with Crippen molar-refractivity contribution in [3.63, 3.8) is 0 Å². The molecule has 4 aromatic rings. The monoisotopic (exact) mass is 546 g/mol. The zero-order valence-corrected chi connectivity index (χ0v) is 22.7. The number of likely N-dealkylation sites (N-methyl/N-ethyl adjacent to an activating group) is 1. The van der Waals surface area contributed by atoms with Crippen LogP contribution in [-0.2, 0) is 20.8 Å². The van der Waals surface area contributed by atoms with Gasteiger partial charge in [-0.2, -0.15) is 14.8 Å². The summed E-state index contributed by atoms with van der Waals surface area (Å²) in [7, 11) is 3.90. The third-order valence-electron chi connectivity index (χ3n) is 6.69. The molecule has 210 valence electrons. The molecule has 40 heavy (non-hydrogen) atoms. The lowest BCUT2D eigenvalue weighted by molar-refractivity contribution is -0.138. The number of aromatic nitrogens is 5. The van der Waals surface area contributed by atoms with Crippen LogP contribution in [0.15, 0.2) is 55.0 Å². The Balaban J connectivity index is 0.00000118. The molecule has 2 amide bonds. The van der Waals surface area contributed by atoms with E-state index >= 15 is 0 Å². The highest BCUT2D eigenvalue weighted by atomic mass is 16.3. The topological polar surface area (TPSA) is 149 Å². The quantitative estimate of drug-likeness (QED) is 0.225. The number of H-pyrrole nitrogens is 1. The normalized spacial score (nSPS) is 15.4. The first kappa shape index (κ1) is 28.4. The molecule has 1 atom stereocenters. The van der Waals surface area contributed by atoms with Gasteiger partial charge >= 0.3 is 0 Å². The number of amides is 2. The number of hydrogen-bond acceptors (Lipinski definition) is 7. The molecule has 0 spiro atoms. The molecular weight excluding hydrogens is 512 g/mol. The van der Waals surface area contributed by atoms with E-state index in [2.05, 4.69) is 31.5 Å². The van der Waals surface area contributed by atoms with Crippen LogP contribution in [0.2, 0.25) is 0 Å². The van der Waals surface area contributed by atoms with Gasteiger partial charge in [0.25, 0.3) is 6.47 Å². The van der Waals surface area contributed by atoms with Crippen LogP contribution in [0, 0.1) is 0 Å². The van der Waals surface area contributed by atoms with Crippen LogP contribution in [0.25, 0.3) is 27.7 Å². The summed E-state index contributed by atoms with van der Waals surface area (Å²) in [4.78, 5) is 45.7. The second-order valence-corrected chi connectivity index (χ2v) is 9.73. The maximum Gasteiger partial charge on any atom is 0.290 e. The van der Waals surface area contributed by atoms with Crippen molar-refractivity contribution in [1.29, 1.82) is 0 Å². The molecule has 1 fully saturated rings. The lowest BCUT2D eigenvalue weighted by Gasteiger charge is -2.34. The molecule has 0 radical (unpaired) electrons. The van der Waals surface area contributed by atoms with Crippen LogP contribution >= 0.6 is 0 Å². The number of nitrogens with zero attached hydrogens (tertiary/aromatic N) is 6. The number of nitrogens with one attached hydrogen (secondary N) is 2. The number of carbonyl (C=O) groups excluding carboxylic acids is 2. The molecule has 4 aromatic heterocycles. The Labute approximate surface area is 231 Å². The predicted molar refractivity (Wildman–Crippen MR) is 151 cm³/mol. The van der Waals surface area contributed by atoms with Crippen molar-refractivity contribution in [3.05, 3.63) is 60.7 Å². The van der Waals surface area contributed by atoms with Gasteiger partial charge in [0.05, 0.1) is 11.7 Å². The average Bonchev–Trinajstić information content (AvgIpc) is 3.57. The number of aromatic amines is 1. The molecule has 1 aliphatic rings. The van der Waals surface area contributed by atoms with Gasteiger partial charge in [0.15, 0.2) is 0 Å². The average molecular weight is 547 g/mol. The molecule has 12 heteroatoms. The fraction of sp³-hybridized carbons (Fsp3) is 0.357. The largest absolute Gasteiger partial charge is 0.483 e. The number of hydrogen-bond donors (Lipinski definition) is 3. The molecule has 3 N–H and O–H groups in total. The van der Waals surface area contributed by atoms with E-state index in [-0.39, 0.29) is 18.3 Å². The third kappa shape index (κ3) is 6.70. The van der Waals surface area contributed by atoms with E-state index in [1.54, 1.807) is 28.0 Å². The summed E-state index contributed by atoms with van der Waals surface area (Å²) in [6, 6.07) is 7.52. The Morgan fingerprint density at radius 3 is 2.83 bits per heavy atom. The minimum atomic E-state index is -0.425. The van der Waals surface area contributed by atoms with Gasteiger partial charge in [-0.1, -0.05) is 6.08 Å². The van der Waals surface area contributed by atoms with E-state index in [0.717, 1.165) is 46.2 Å². The van der Waals surface area contributed by atoms with E-state index in [4.69, 9.17) is 9.90 Å². The van der Waals surface area contributed by atoms with Crippen LogP contribution in [0.3, 0.4) is 0 Å². The van der Waals surface area contributed by atoms with Gasteiger partial charge in [0, 0.05) is 61.2 Å². The van der Waals surface area contributed by atoms with Gasteiger partial charge in [0.2, 0.25) is 11.8 Å². The number of likely N-dealkylation sites (tertiary alicyclic amines) is 1. The van der Waals surface area contributed by atoms with Crippen molar-refractivity contribution in [3.8, 4) is 11.1 Å². The van der Waals surface area contributed by atoms with Gasteiger partial charge in [-0.15, -0.1) is 0 Å². The molecule has 0 aromatic carbocycles. The summed E-state index contributed by atoms with van der Waals surface area (Å²) < 4.78 is 1.61. The van der Waals surface area contributed by atoms with Crippen molar-refractivity contribution < 1.29 is 19.5 Å². The maximum atomic E-state index is 13.0. The molecule has 12 nitrogen and oxygen atoms in total. The van der Waals surface area contributed by atoms with Crippen LogP contribution in [0.4, 0.5) is 0 Å². The van der Waals surface area contributed by atoms with Crippen LogP contribution in [-0.4, -0.2) is 97.8 Å². The van der Waals surface area contributed by atoms with Crippen LogP contribution < -0.4 is 5.32 Å². The SMILES string of the molecule is CN(C)CC=CC(=O)N1CCCCC1C(=O)NCCc1cc2c(-c3cnn4ncccc34)ccnc2[nH]1.O=CO. The minimum Gasteiger partial charge on any atom is -0.483 e. The summed E-state index contributed by atoms with van der Waals surface area (Å²) in [5.74, 6) is -0.193.